The Hall–Kier alpha value is -4.06. The van der Waals surface area contributed by atoms with Gasteiger partial charge in [-0.15, -0.1) is 0 Å². The van der Waals surface area contributed by atoms with Crippen LogP contribution in [0.25, 0.3) is 0 Å². The molecule has 0 aliphatic carbocycles. The van der Waals surface area contributed by atoms with Gasteiger partial charge >= 0.3 is 23.9 Å². The molecular formula is C20H24N4O8. The predicted molar refractivity (Wildman–Crippen MR) is 106 cm³/mol. The monoisotopic (exact) mass is 448 g/mol. The number of carbonyl (C=O) groups is 4. The number of esters is 4. The van der Waals surface area contributed by atoms with Crippen LogP contribution in [-0.2, 0) is 38.1 Å². The number of azo groups is 1. The molecular weight excluding hydrogens is 424 g/mol. The second-order valence-corrected chi connectivity index (χ2v) is 6.37. The van der Waals surface area contributed by atoms with Crippen molar-refractivity contribution in [3.8, 4) is 12.1 Å². The number of hydrogen-bond acceptors (Lipinski definition) is 12. The van der Waals surface area contributed by atoms with Crippen LogP contribution < -0.4 is 0 Å². The fourth-order valence-electron chi connectivity index (χ4n) is 1.70. The normalized spacial score (nSPS) is 13.9. The Labute approximate surface area is 185 Å². The van der Waals surface area contributed by atoms with Gasteiger partial charge in [0.25, 0.3) is 5.54 Å². The second-order valence-electron chi connectivity index (χ2n) is 6.37. The first-order valence-electron chi connectivity index (χ1n) is 9.23. The van der Waals surface area contributed by atoms with E-state index in [0.29, 0.717) is 0 Å². The molecule has 0 aromatic heterocycles. The molecule has 0 spiro atoms. The number of ether oxygens (including phenoxy) is 4. The predicted octanol–water partition coefficient (Wildman–Crippen LogP) is 1.33. The molecule has 0 aromatic rings. The molecule has 12 nitrogen and oxygen atoms in total. The topological polar surface area (TPSA) is 177 Å². The molecule has 0 amide bonds. The van der Waals surface area contributed by atoms with E-state index in [1.54, 1.807) is 6.07 Å². The summed E-state index contributed by atoms with van der Waals surface area (Å²) in [5.74, 6) is -3.10. The van der Waals surface area contributed by atoms with E-state index in [9.17, 15) is 29.7 Å². The molecule has 0 aliphatic heterocycles. The minimum absolute atomic E-state index is 0.119. The lowest BCUT2D eigenvalue weighted by atomic mass is 9.99. The number of rotatable bonds is 14. The quantitative estimate of drug-likeness (QED) is 0.124. The average Bonchev–Trinajstić information content (AvgIpc) is 2.80. The van der Waals surface area contributed by atoms with Crippen molar-refractivity contribution in [3.05, 3.63) is 25.3 Å². The van der Waals surface area contributed by atoms with Gasteiger partial charge in [0.05, 0.1) is 6.07 Å². The van der Waals surface area contributed by atoms with Gasteiger partial charge in [0, 0.05) is 18.6 Å². The molecule has 12 heteroatoms. The highest BCUT2D eigenvalue weighted by atomic mass is 16.6. The first-order chi connectivity index (χ1) is 15.1. The second kappa shape index (κ2) is 14.0. The van der Waals surface area contributed by atoms with E-state index in [1.165, 1.54) is 6.92 Å². The summed E-state index contributed by atoms with van der Waals surface area (Å²) in [6.45, 7) is 8.01. The number of hydrogen-bond donors (Lipinski definition) is 0. The highest BCUT2D eigenvalue weighted by Gasteiger charge is 2.37. The van der Waals surface area contributed by atoms with Gasteiger partial charge in [-0.2, -0.15) is 20.8 Å². The van der Waals surface area contributed by atoms with Crippen LogP contribution >= 0.6 is 0 Å². The third-order valence-electron chi connectivity index (χ3n) is 3.63. The van der Waals surface area contributed by atoms with Crippen LogP contribution in [0.2, 0.25) is 0 Å². The summed E-state index contributed by atoms with van der Waals surface area (Å²) in [4.78, 5) is 45.7. The molecule has 0 N–H and O–H groups in total. The standard InChI is InChI=1S/C20H24N4O8/c1-5-15(25)29-9-10-31-17(27)7-8-19(3,13-21)23-24-20(4,14-22)18(28)32-12-11-30-16(26)6-2/h5-6H,1-2,7-12H2,3-4H3. The maximum absolute atomic E-state index is 12.1. The van der Waals surface area contributed by atoms with Crippen LogP contribution in [0.5, 0.6) is 0 Å². The zero-order valence-corrected chi connectivity index (χ0v) is 17.9. The summed E-state index contributed by atoms with van der Waals surface area (Å²) in [6, 6.07) is 3.49. The lowest BCUT2D eigenvalue weighted by Crippen LogP contribution is -2.35. The van der Waals surface area contributed by atoms with Crippen molar-refractivity contribution in [3.63, 3.8) is 0 Å². The lowest BCUT2D eigenvalue weighted by Gasteiger charge is -2.18. The van der Waals surface area contributed by atoms with Crippen molar-refractivity contribution in [2.75, 3.05) is 26.4 Å². The SMILES string of the molecule is C=CC(=O)OCCOC(=O)CCC(C)(C#N)N=NC(C)(C#N)C(=O)OCCOC(=O)C=C. The summed E-state index contributed by atoms with van der Waals surface area (Å²) >= 11 is 0. The van der Waals surface area contributed by atoms with Crippen molar-refractivity contribution in [1.82, 2.24) is 0 Å². The summed E-state index contributed by atoms with van der Waals surface area (Å²) in [5, 5.41) is 26.1. The van der Waals surface area contributed by atoms with Crippen molar-refractivity contribution in [2.45, 2.75) is 37.8 Å². The summed E-state index contributed by atoms with van der Waals surface area (Å²) in [7, 11) is 0. The summed E-state index contributed by atoms with van der Waals surface area (Å²) < 4.78 is 19.0. The van der Waals surface area contributed by atoms with Gasteiger partial charge in [0.2, 0.25) is 0 Å². The maximum atomic E-state index is 12.1. The van der Waals surface area contributed by atoms with E-state index in [2.05, 4.69) is 32.9 Å². The van der Waals surface area contributed by atoms with E-state index in [4.69, 9.17) is 9.47 Å². The van der Waals surface area contributed by atoms with Crippen molar-refractivity contribution >= 4 is 23.9 Å². The fourth-order valence-corrected chi connectivity index (χ4v) is 1.70. The Morgan fingerprint density at radius 3 is 1.81 bits per heavy atom. The van der Waals surface area contributed by atoms with Crippen LogP contribution in [0.15, 0.2) is 35.5 Å². The minimum atomic E-state index is -2.06. The Kier molecular flexibility index (Phi) is 12.3. The minimum Gasteiger partial charge on any atom is -0.462 e. The van der Waals surface area contributed by atoms with E-state index < -0.39 is 35.0 Å². The molecule has 2 unspecified atom stereocenters. The first kappa shape index (κ1) is 27.9. The zero-order valence-electron chi connectivity index (χ0n) is 17.9. The number of nitriles is 2. The van der Waals surface area contributed by atoms with Gasteiger partial charge in [0.1, 0.15) is 32.5 Å². The highest BCUT2D eigenvalue weighted by molar-refractivity contribution is 5.84. The van der Waals surface area contributed by atoms with E-state index in [1.807, 2.05) is 6.07 Å². The molecule has 0 radical (unpaired) electrons. The molecule has 32 heavy (non-hydrogen) atoms. The van der Waals surface area contributed by atoms with Crippen LogP contribution in [0.4, 0.5) is 0 Å². The van der Waals surface area contributed by atoms with E-state index in [0.717, 1.165) is 19.1 Å². The van der Waals surface area contributed by atoms with Crippen LogP contribution in [0, 0.1) is 22.7 Å². The largest absolute Gasteiger partial charge is 0.462 e. The molecule has 0 saturated heterocycles. The smallest absolute Gasteiger partial charge is 0.350 e. The number of nitrogens with zero attached hydrogens (tertiary/aromatic N) is 4. The Balaban J connectivity index is 4.77. The Bertz CT molecular complexity index is 842. The Morgan fingerprint density at radius 2 is 1.34 bits per heavy atom. The van der Waals surface area contributed by atoms with Crippen LogP contribution in [0.3, 0.4) is 0 Å². The molecule has 0 fully saturated rings. The third kappa shape index (κ3) is 10.6. The van der Waals surface area contributed by atoms with Crippen LogP contribution in [0.1, 0.15) is 26.7 Å². The highest BCUT2D eigenvalue weighted by Crippen LogP contribution is 2.21. The zero-order chi connectivity index (χ0) is 24.6. The lowest BCUT2D eigenvalue weighted by molar-refractivity contribution is -0.152. The summed E-state index contributed by atoms with van der Waals surface area (Å²) in [5.41, 5.74) is -3.59. The van der Waals surface area contributed by atoms with Crippen LogP contribution in [-0.4, -0.2) is 61.4 Å². The van der Waals surface area contributed by atoms with Crippen molar-refractivity contribution < 1.29 is 38.1 Å². The molecule has 0 saturated carbocycles. The Morgan fingerprint density at radius 1 is 0.844 bits per heavy atom. The molecule has 0 bridgehead atoms. The third-order valence-corrected chi connectivity index (χ3v) is 3.63. The molecule has 0 rings (SSSR count). The van der Waals surface area contributed by atoms with Gasteiger partial charge in [-0.1, -0.05) is 13.2 Å². The van der Waals surface area contributed by atoms with Gasteiger partial charge in [-0.3, -0.25) is 4.79 Å². The summed E-state index contributed by atoms with van der Waals surface area (Å²) in [6.07, 6.45) is 1.56. The van der Waals surface area contributed by atoms with Crippen molar-refractivity contribution in [2.24, 2.45) is 10.2 Å². The van der Waals surface area contributed by atoms with E-state index in [-0.39, 0.29) is 39.3 Å². The molecule has 0 aliphatic rings. The first-order valence-corrected chi connectivity index (χ1v) is 9.23. The van der Waals surface area contributed by atoms with E-state index >= 15 is 0 Å². The van der Waals surface area contributed by atoms with Gasteiger partial charge < -0.3 is 18.9 Å². The molecule has 172 valence electrons. The van der Waals surface area contributed by atoms with Gasteiger partial charge in [-0.25, -0.2) is 14.4 Å². The van der Waals surface area contributed by atoms with Gasteiger partial charge in [0.15, 0.2) is 5.54 Å². The van der Waals surface area contributed by atoms with Crippen molar-refractivity contribution in [1.29, 1.82) is 10.5 Å². The maximum Gasteiger partial charge on any atom is 0.350 e. The number of carbonyl (C=O) groups excluding carboxylic acids is 4. The van der Waals surface area contributed by atoms with Gasteiger partial charge in [-0.05, 0) is 20.3 Å². The molecule has 2 atom stereocenters. The fraction of sp³-hybridized carbons (Fsp3) is 0.500. The molecule has 0 aromatic carbocycles. The molecule has 0 heterocycles. The average molecular weight is 448 g/mol.